The van der Waals surface area contributed by atoms with Crippen LogP contribution in [0.3, 0.4) is 0 Å². The molecule has 3 rings (SSSR count). The lowest BCUT2D eigenvalue weighted by Crippen LogP contribution is -2.00. The van der Waals surface area contributed by atoms with Gasteiger partial charge in [0, 0.05) is 0 Å². The number of aromatic nitrogens is 4. The van der Waals surface area contributed by atoms with Crippen LogP contribution in [0, 0.1) is 0 Å². The van der Waals surface area contributed by atoms with Gasteiger partial charge in [-0.3, -0.25) is 4.79 Å². The molecular formula is C13H10N4O3. The van der Waals surface area contributed by atoms with Crippen LogP contribution in [-0.4, -0.2) is 31.0 Å². The highest BCUT2D eigenvalue weighted by atomic mass is 16.5. The third-order valence-corrected chi connectivity index (χ3v) is 2.66. The molecular weight excluding hydrogens is 260 g/mol. The van der Waals surface area contributed by atoms with Crippen molar-refractivity contribution in [3.8, 4) is 11.6 Å². The first-order valence-corrected chi connectivity index (χ1v) is 5.85. The number of aliphatic carboxylic acids is 1. The first-order chi connectivity index (χ1) is 9.72. The Kier molecular flexibility index (Phi) is 3.00. The van der Waals surface area contributed by atoms with E-state index in [1.807, 2.05) is 0 Å². The van der Waals surface area contributed by atoms with Crippen molar-refractivity contribution in [2.45, 2.75) is 6.42 Å². The van der Waals surface area contributed by atoms with Crippen LogP contribution >= 0.6 is 0 Å². The van der Waals surface area contributed by atoms with Crippen LogP contribution in [0.5, 0.6) is 11.6 Å². The molecule has 2 N–H and O–H groups in total. The fourth-order valence-electron chi connectivity index (χ4n) is 1.83. The summed E-state index contributed by atoms with van der Waals surface area (Å²) in [5, 5.41) is 8.79. The number of benzene rings is 1. The van der Waals surface area contributed by atoms with Gasteiger partial charge in [-0.05, 0) is 17.7 Å². The van der Waals surface area contributed by atoms with Crippen LogP contribution < -0.4 is 4.74 Å². The number of hydrogen-bond acceptors (Lipinski definition) is 5. The number of nitrogens with one attached hydrogen (secondary N) is 1. The number of carboxylic acid groups (broad SMARTS) is 1. The Morgan fingerprint density at radius 3 is 3.05 bits per heavy atom. The monoisotopic (exact) mass is 270 g/mol. The van der Waals surface area contributed by atoms with Gasteiger partial charge in [0.15, 0.2) is 5.65 Å². The minimum absolute atomic E-state index is 0.0551. The summed E-state index contributed by atoms with van der Waals surface area (Å²) in [5.74, 6) is -0.0292. The molecule has 3 aromatic rings. The molecule has 100 valence electrons. The van der Waals surface area contributed by atoms with Crippen molar-refractivity contribution in [3.05, 3.63) is 42.5 Å². The Morgan fingerprint density at radius 2 is 2.20 bits per heavy atom. The number of carboxylic acids is 1. The molecule has 0 atom stereocenters. The minimum atomic E-state index is -0.889. The maximum absolute atomic E-state index is 10.7. The normalized spacial score (nSPS) is 10.6. The van der Waals surface area contributed by atoms with Gasteiger partial charge in [-0.2, -0.15) is 4.98 Å². The Balaban J connectivity index is 1.91. The second-order valence-electron chi connectivity index (χ2n) is 4.10. The summed E-state index contributed by atoms with van der Waals surface area (Å²) in [6.45, 7) is 0. The summed E-state index contributed by atoms with van der Waals surface area (Å²) in [5.41, 5.74) is 1.76. The second-order valence-corrected chi connectivity index (χ2v) is 4.10. The van der Waals surface area contributed by atoms with E-state index in [9.17, 15) is 4.79 Å². The van der Waals surface area contributed by atoms with E-state index < -0.39 is 5.97 Å². The average Bonchev–Trinajstić information content (AvgIpc) is 2.88. The van der Waals surface area contributed by atoms with Crippen LogP contribution in [-0.2, 0) is 11.2 Å². The van der Waals surface area contributed by atoms with Crippen molar-refractivity contribution in [1.29, 1.82) is 0 Å². The molecule has 0 fully saturated rings. The topological polar surface area (TPSA) is 101 Å². The molecule has 0 aliphatic rings. The number of aromatic amines is 1. The molecule has 0 radical (unpaired) electrons. The molecule has 7 nitrogen and oxygen atoms in total. The zero-order valence-corrected chi connectivity index (χ0v) is 10.3. The van der Waals surface area contributed by atoms with E-state index in [0.29, 0.717) is 28.4 Å². The quantitative estimate of drug-likeness (QED) is 0.749. The van der Waals surface area contributed by atoms with E-state index in [4.69, 9.17) is 9.84 Å². The van der Waals surface area contributed by atoms with Crippen LogP contribution in [0.2, 0.25) is 0 Å². The molecule has 20 heavy (non-hydrogen) atoms. The summed E-state index contributed by atoms with van der Waals surface area (Å²) in [6, 6.07) is 6.86. The summed E-state index contributed by atoms with van der Waals surface area (Å²) >= 11 is 0. The van der Waals surface area contributed by atoms with Crippen LogP contribution in [0.1, 0.15) is 5.56 Å². The van der Waals surface area contributed by atoms with Gasteiger partial charge in [0.05, 0.1) is 12.7 Å². The SMILES string of the molecule is O=C(O)Cc1cccc(Oc2ncnc3nc[nH]c23)c1. The number of imidazole rings is 1. The Morgan fingerprint density at radius 1 is 1.30 bits per heavy atom. The van der Waals surface area contributed by atoms with Gasteiger partial charge in [-0.1, -0.05) is 12.1 Å². The first kappa shape index (κ1) is 12.1. The molecule has 0 bridgehead atoms. The number of hydrogen-bond donors (Lipinski definition) is 2. The highest BCUT2D eigenvalue weighted by molar-refractivity contribution is 5.75. The fraction of sp³-hybridized carbons (Fsp3) is 0.0769. The van der Waals surface area contributed by atoms with Crippen molar-refractivity contribution < 1.29 is 14.6 Å². The molecule has 2 heterocycles. The molecule has 0 saturated carbocycles. The largest absolute Gasteiger partial charge is 0.481 e. The van der Waals surface area contributed by atoms with Crippen molar-refractivity contribution in [2.75, 3.05) is 0 Å². The van der Waals surface area contributed by atoms with Gasteiger partial charge in [-0.15, -0.1) is 0 Å². The highest BCUT2D eigenvalue weighted by Gasteiger charge is 2.09. The van der Waals surface area contributed by atoms with Crippen LogP contribution in [0.25, 0.3) is 11.2 Å². The Labute approximate surface area is 113 Å². The van der Waals surface area contributed by atoms with Crippen molar-refractivity contribution in [3.63, 3.8) is 0 Å². The number of rotatable bonds is 4. The van der Waals surface area contributed by atoms with E-state index in [2.05, 4.69) is 19.9 Å². The number of ether oxygens (including phenoxy) is 1. The molecule has 0 aliphatic carbocycles. The number of fused-ring (bicyclic) bond motifs is 1. The Hall–Kier alpha value is -2.96. The highest BCUT2D eigenvalue weighted by Crippen LogP contribution is 2.25. The number of nitrogens with zero attached hydrogens (tertiary/aromatic N) is 3. The molecule has 7 heteroatoms. The smallest absolute Gasteiger partial charge is 0.307 e. The van der Waals surface area contributed by atoms with E-state index in [1.54, 1.807) is 24.3 Å². The molecule has 0 unspecified atom stereocenters. The van der Waals surface area contributed by atoms with E-state index >= 15 is 0 Å². The van der Waals surface area contributed by atoms with Gasteiger partial charge >= 0.3 is 5.97 Å². The van der Waals surface area contributed by atoms with Crippen molar-refractivity contribution >= 4 is 17.1 Å². The predicted molar refractivity (Wildman–Crippen MR) is 69.5 cm³/mol. The molecule has 0 aliphatic heterocycles. The van der Waals surface area contributed by atoms with Crippen LogP contribution in [0.15, 0.2) is 36.9 Å². The zero-order valence-electron chi connectivity index (χ0n) is 10.3. The van der Waals surface area contributed by atoms with Crippen molar-refractivity contribution in [1.82, 2.24) is 19.9 Å². The van der Waals surface area contributed by atoms with Gasteiger partial charge in [-0.25, -0.2) is 9.97 Å². The summed E-state index contributed by atoms with van der Waals surface area (Å²) in [4.78, 5) is 25.7. The van der Waals surface area contributed by atoms with E-state index in [0.717, 1.165) is 0 Å². The fourth-order valence-corrected chi connectivity index (χ4v) is 1.83. The molecule has 0 amide bonds. The predicted octanol–water partition coefficient (Wildman–Crippen LogP) is 1.77. The summed E-state index contributed by atoms with van der Waals surface area (Å²) in [6.07, 6.45) is 2.81. The summed E-state index contributed by atoms with van der Waals surface area (Å²) < 4.78 is 5.66. The lowest BCUT2D eigenvalue weighted by atomic mass is 10.1. The van der Waals surface area contributed by atoms with Gasteiger partial charge in [0.2, 0.25) is 5.88 Å². The van der Waals surface area contributed by atoms with E-state index in [-0.39, 0.29) is 6.42 Å². The average molecular weight is 270 g/mol. The second kappa shape index (κ2) is 4.96. The number of carbonyl (C=O) groups is 1. The third kappa shape index (κ3) is 2.41. The lowest BCUT2D eigenvalue weighted by molar-refractivity contribution is -0.136. The first-order valence-electron chi connectivity index (χ1n) is 5.85. The molecule has 1 aromatic carbocycles. The van der Waals surface area contributed by atoms with Gasteiger partial charge < -0.3 is 14.8 Å². The van der Waals surface area contributed by atoms with Crippen molar-refractivity contribution in [2.24, 2.45) is 0 Å². The molecule has 0 spiro atoms. The van der Waals surface area contributed by atoms with Gasteiger partial charge in [0.25, 0.3) is 0 Å². The van der Waals surface area contributed by atoms with Gasteiger partial charge in [0.1, 0.15) is 17.6 Å². The lowest BCUT2D eigenvalue weighted by Gasteiger charge is -2.06. The number of H-pyrrole nitrogens is 1. The van der Waals surface area contributed by atoms with Crippen LogP contribution in [0.4, 0.5) is 0 Å². The third-order valence-electron chi connectivity index (χ3n) is 2.66. The molecule has 2 aromatic heterocycles. The van der Waals surface area contributed by atoms with E-state index in [1.165, 1.54) is 12.7 Å². The maximum Gasteiger partial charge on any atom is 0.307 e. The zero-order chi connectivity index (χ0) is 13.9. The standard InChI is InChI=1S/C13H10N4O3/c18-10(19)5-8-2-1-3-9(4-8)20-13-11-12(15-6-14-11)16-7-17-13/h1-4,6-7H,5H2,(H,18,19)(H,14,15,16,17). The maximum atomic E-state index is 10.7. The minimum Gasteiger partial charge on any atom is -0.481 e. The Bertz CT molecular complexity index is 769. The molecule has 0 saturated heterocycles. The summed E-state index contributed by atoms with van der Waals surface area (Å²) in [7, 11) is 0.